The molecule has 118 valence electrons. The molecule has 1 unspecified atom stereocenters. The lowest BCUT2D eigenvalue weighted by Gasteiger charge is -2.34. The lowest BCUT2D eigenvalue weighted by atomic mass is 9.75. The highest BCUT2D eigenvalue weighted by Gasteiger charge is 2.27. The Balaban J connectivity index is 1.98. The van der Waals surface area contributed by atoms with Crippen molar-refractivity contribution in [3.05, 3.63) is 34.9 Å². The molecule has 1 aliphatic rings. The fourth-order valence-electron chi connectivity index (χ4n) is 4.04. The van der Waals surface area contributed by atoms with E-state index in [4.69, 9.17) is 5.84 Å². The second-order valence-corrected chi connectivity index (χ2v) is 6.92. The molecule has 1 saturated carbocycles. The molecule has 1 aromatic rings. The van der Waals surface area contributed by atoms with Gasteiger partial charge in [-0.3, -0.25) is 11.3 Å². The maximum absolute atomic E-state index is 5.89. The summed E-state index contributed by atoms with van der Waals surface area (Å²) in [5.74, 6) is 7.60. The molecule has 1 fully saturated rings. The van der Waals surface area contributed by atoms with Gasteiger partial charge >= 0.3 is 0 Å². The van der Waals surface area contributed by atoms with Crippen LogP contribution in [0, 0.1) is 25.7 Å². The predicted octanol–water partition coefficient (Wildman–Crippen LogP) is 4.28. The van der Waals surface area contributed by atoms with Crippen LogP contribution in [0.2, 0.25) is 0 Å². The van der Waals surface area contributed by atoms with Gasteiger partial charge in [0.15, 0.2) is 0 Å². The quantitative estimate of drug-likeness (QED) is 0.605. The van der Waals surface area contributed by atoms with E-state index >= 15 is 0 Å². The molecule has 3 N–H and O–H groups in total. The molecular formula is C19H32N2. The average molecular weight is 288 g/mol. The molecule has 0 saturated heterocycles. The Bertz CT molecular complexity index is 413. The second kappa shape index (κ2) is 7.95. The smallest absolute Gasteiger partial charge is 0.0279 e. The first-order valence-corrected chi connectivity index (χ1v) is 8.66. The van der Waals surface area contributed by atoms with Gasteiger partial charge in [0.05, 0.1) is 0 Å². The Morgan fingerprint density at radius 1 is 1.14 bits per heavy atom. The van der Waals surface area contributed by atoms with Crippen molar-refractivity contribution in [2.24, 2.45) is 17.7 Å². The fraction of sp³-hybridized carbons (Fsp3) is 0.684. The SMILES string of the molecule is CCCC1CCC(C(Cc2c(C)cccc2C)NN)CC1. The summed E-state index contributed by atoms with van der Waals surface area (Å²) >= 11 is 0. The number of nitrogens with one attached hydrogen (secondary N) is 1. The maximum Gasteiger partial charge on any atom is 0.0279 e. The van der Waals surface area contributed by atoms with E-state index in [2.05, 4.69) is 44.4 Å². The highest BCUT2D eigenvalue weighted by Crippen LogP contribution is 2.34. The molecule has 21 heavy (non-hydrogen) atoms. The van der Waals surface area contributed by atoms with Crippen LogP contribution in [0.25, 0.3) is 0 Å². The largest absolute Gasteiger partial charge is 0.271 e. The van der Waals surface area contributed by atoms with Gasteiger partial charge in [-0.25, -0.2) is 0 Å². The standard InChI is InChI=1S/C19H32N2/c1-4-6-16-9-11-17(12-10-16)19(21-20)13-18-14(2)7-5-8-15(18)3/h5,7-8,16-17,19,21H,4,6,9-13,20H2,1-3H3. The normalized spacial score (nSPS) is 24.0. The van der Waals surface area contributed by atoms with Gasteiger partial charge in [0.1, 0.15) is 0 Å². The third kappa shape index (κ3) is 4.31. The Kier molecular flexibility index (Phi) is 6.25. The molecule has 2 heteroatoms. The van der Waals surface area contributed by atoms with Gasteiger partial charge in [0, 0.05) is 6.04 Å². The van der Waals surface area contributed by atoms with Crippen molar-refractivity contribution in [2.75, 3.05) is 0 Å². The summed E-state index contributed by atoms with van der Waals surface area (Å²) in [4.78, 5) is 0. The van der Waals surface area contributed by atoms with Gasteiger partial charge in [-0.05, 0) is 61.6 Å². The molecule has 0 heterocycles. The minimum absolute atomic E-state index is 0.423. The van der Waals surface area contributed by atoms with Crippen molar-refractivity contribution in [1.29, 1.82) is 0 Å². The van der Waals surface area contributed by atoms with E-state index in [1.807, 2.05) is 0 Å². The third-order valence-electron chi connectivity index (χ3n) is 5.44. The van der Waals surface area contributed by atoms with E-state index < -0.39 is 0 Å². The molecule has 0 amide bonds. The molecule has 0 aromatic heterocycles. The number of nitrogens with two attached hydrogens (primary N) is 1. The van der Waals surface area contributed by atoms with Gasteiger partial charge < -0.3 is 0 Å². The number of benzene rings is 1. The van der Waals surface area contributed by atoms with Gasteiger partial charge in [0.25, 0.3) is 0 Å². The Morgan fingerprint density at radius 2 is 1.76 bits per heavy atom. The highest BCUT2D eigenvalue weighted by molar-refractivity contribution is 5.34. The zero-order valence-corrected chi connectivity index (χ0v) is 14.0. The Labute approximate surface area is 130 Å². The summed E-state index contributed by atoms with van der Waals surface area (Å²) in [6, 6.07) is 7.00. The molecule has 0 bridgehead atoms. The van der Waals surface area contributed by atoms with Crippen LogP contribution in [0.15, 0.2) is 18.2 Å². The second-order valence-electron chi connectivity index (χ2n) is 6.92. The van der Waals surface area contributed by atoms with Crippen molar-refractivity contribution in [1.82, 2.24) is 5.43 Å². The summed E-state index contributed by atoms with van der Waals surface area (Å²) in [5.41, 5.74) is 7.40. The fourth-order valence-corrected chi connectivity index (χ4v) is 4.04. The third-order valence-corrected chi connectivity index (χ3v) is 5.44. The van der Waals surface area contributed by atoms with Crippen LogP contribution >= 0.6 is 0 Å². The average Bonchev–Trinajstić information content (AvgIpc) is 2.49. The zero-order valence-electron chi connectivity index (χ0n) is 14.0. The van der Waals surface area contributed by atoms with Gasteiger partial charge in [-0.2, -0.15) is 0 Å². The summed E-state index contributed by atoms with van der Waals surface area (Å²) in [5, 5.41) is 0. The van der Waals surface area contributed by atoms with E-state index in [1.54, 1.807) is 0 Å². The first kappa shape index (κ1) is 16.5. The van der Waals surface area contributed by atoms with Crippen LogP contribution in [0.3, 0.4) is 0 Å². The van der Waals surface area contributed by atoms with Crippen molar-refractivity contribution >= 4 is 0 Å². The molecule has 2 rings (SSSR count). The molecule has 1 aliphatic carbocycles. The van der Waals surface area contributed by atoms with Crippen LogP contribution in [0.4, 0.5) is 0 Å². The van der Waals surface area contributed by atoms with E-state index in [0.717, 1.165) is 18.3 Å². The molecule has 0 spiro atoms. The Hall–Kier alpha value is -0.860. The molecule has 0 radical (unpaired) electrons. The predicted molar refractivity (Wildman–Crippen MR) is 91.1 cm³/mol. The van der Waals surface area contributed by atoms with Crippen LogP contribution in [0.5, 0.6) is 0 Å². The van der Waals surface area contributed by atoms with Crippen molar-refractivity contribution in [3.8, 4) is 0 Å². The van der Waals surface area contributed by atoms with Crippen LogP contribution in [-0.2, 0) is 6.42 Å². The highest BCUT2D eigenvalue weighted by atomic mass is 15.2. The number of hydrogen-bond donors (Lipinski definition) is 2. The van der Waals surface area contributed by atoms with Gasteiger partial charge in [-0.15, -0.1) is 0 Å². The summed E-state index contributed by atoms with van der Waals surface area (Å²) < 4.78 is 0. The summed E-state index contributed by atoms with van der Waals surface area (Å²) in [7, 11) is 0. The first-order chi connectivity index (χ1) is 10.2. The number of aryl methyl sites for hydroxylation is 2. The minimum Gasteiger partial charge on any atom is -0.271 e. The lowest BCUT2D eigenvalue weighted by molar-refractivity contribution is 0.213. The monoisotopic (exact) mass is 288 g/mol. The van der Waals surface area contributed by atoms with Crippen molar-refractivity contribution < 1.29 is 0 Å². The number of hydrazine groups is 1. The van der Waals surface area contributed by atoms with Crippen molar-refractivity contribution in [3.63, 3.8) is 0 Å². The van der Waals surface area contributed by atoms with Crippen LogP contribution in [0.1, 0.15) is 62.1 Å². The zero-order chi connectivity index (χ0) is 15.2. The molecular weight excluding hydrogens is 256 g/mol. The number of hydrogen-bond acceptors (Lipinski definition) is 2. The van der Waals surface area contributed by atoms with Gasteiger partial charge in [-0.1, -0.05) is 50.8 Å². The minimum atomic E-state index is 0.423. The van der Waals surface area contributed by atoms with E-state index in [9.17, 15) is 0 Å². The summed E-state index contributed by atoms with van der Waals surface area (Å²) in [6.45, 7) is 6.74. The lowest BCUT2D eigenvalue weighted by Crippen LogP contribution is -2.44. The van der Waals surface area contributed by atoms with Gasteiger partial charge in [0.2, 0.25) is 0 Å². The molecule has 1 aromatic carbocycles. The molecule has 0 aliphatic heterocycles. The molecule has 1 atom stereocenters. The first-order valence-electron chi connectivity index (χ1n) is 8.66. The van der Waals surface area contributed by atoms with Crippen molar-refractivity contribution in [2.45, 2.75) is 71.8 Å². The maximum atomic E-state index is 5.89. The van der Waals surface area contributed by atoms with Crippen LogP contribution < -0.4 is 11.3 Å². The topological polar surface area (TPSA) is 38.0 Å². The summed E-state index contributed by atoms with van der Waals surface area (Å²) in [6.07, 6.45) is 9.26. The van der Waals surface area contributed by atoms with Crippen LogP contribution in [-0.4, -0.2) is 6.04 Å². The Morgan fingerprint density at radius 3 is 2.29 bits per heavy atom. The van der Waals surface area contributed by atoms with E-state index in [1.165, 1.54) is 55.2 Å². The number of rotatable bonds is 6. The van der Waals surface area contributed by atoms with E-state index in [-0.39, 0.29) is 0 Å². The molecule has 2 nitrogen and oxygen atoms in total. The van der Waals surface area contributed by atoms with E-state index in [0.29, 0.717) is 6.04 Å².